The van der Waals surface area contributed by atoms with Gasteiger partial charge in [0, 0.05) is 6.54 Å². The fourth-order valence-corrected chi connectivity index (χ4v) is 3.07. The lowest BCUT2D eigenvalue weighted by Crippen LogP contribution is -2.39. The van der Waals surface area contributed by atoms with Crippen LogP contribution in [0, 0.1) is 5.92 Å². The van der Waals surface area contributed by atoms with Gasteiger partial charge in [0.15, 0.2) is 0 Å². The van der Waals surface area contributed by atoms with Crippen molar-refractivity contribution >= 4 is 23.6 Å². The smallest absolute Gasteiger partial charge is 0.312 e. The summed E-state index contributed by atoms with van der Waals surface area (Å²) in [5.41, 5.74) is 0.703. The normalized spacial score (nSPS) is 13.7. The molecule has 1 rings (SSSR count). The number of carboxylic acid groups (broad SMARTS) is 1. The van der Waals surface area contributed by atoms with E-state index in [1.807, 2.05) is 26.8 Å². The van der Waals surface area contributed by atoms with Crippen LogP contribution in [0.1, 0.15) is 32.3 Å². The van der Waals surface area contributed by atoms with Gasteiger partial charge < -0.3 is 10.4 Å². The Kier molecular flexibility index (Phi) is 7.29. The zero-order valence-corrected chi connectivity index (χ0v) is 13.5. The summed E-state index contributed by atoms with van der Waals surface area (Å²) < 4.78 is 0. The van der Waals surface area contributed by atoms with E-state index in [1.165, 1.54) is 0 Å². The standard InChI is InChI=1S/C16H23NO3S/c1-4-21-14(11(2)3)15(18)17-10-13(16(19)20)12-8-6-5-7-9-12/h5-9,11,13-14H,4,10H2,1-3H3,(H,17,18)(H,19,20). The fourth-order valence-electron chi connectivity index (χ4n) is 2.09. The van der Waals surface area contributed by atoms with Crippen LogP contribution in [-0.4, -0.2) is 34.5 Å². The molecule has 0 fully saturated rings. The monoisotopic (exact) mass is 309 g/mol. The molecule has 2 atom stereocenters. The summed E-state index contributed by atoms with van der Waals surface area (Å²) in [5.74, 6) is -0.647. The third-order valence-electron chi connectivity index (χ3n) is 3.19. The number of carbonyl (C=O) groups is 2. The quantitative estimate of drug-likeness (QED) is 0.775. The molecular weight excluding hydrogens is 286 g/mol. The molecule has 2 N–H and O–H groups in total. The van der Waals surface area contributed by atoms with Gasteiger partial charge >= 0.3 is 5.97 Å². The number of carbonyl (C=O) groups excluding carboxylic acids is 1. The first-order valence-electron chi connectivity index (χ1n) is 7.14. The van der Waals surface area contributed by atoms with Crippen molar-refractivity contribution in [2.45, 2.75) is 31.9 Å². The van der Waals surface area contributed by atoms with Gasteiger partial charge in [0.1, 0.15) is 0 Å². The number of aliphatic carboxylic acids is 1. The van der Waals surface area contributed by atoms with Crippen molar-refractivity contribution in [3.05, 3.63) is 35.9 Å². The van der Waals surface area contributed by atoms with Crippen molar-refractivity contribution in [2.24, 2.45) is 5.92 Å². The maximum atomic E-state index is 12.2. The van der Waals surface area contributed by atoms with Crippen molar-refractivity contribution in [3.63, 3.8) is 0 Å². The molecule has 1 amide bonds. The van der Waals surface area contributed by atoms with Crippen LogP contribution in [0.4, 0.5) is 0 Å². The van der Waals surface area contributed by atoms with E-state index in [2.05, 4.69) is 5.32 Å². The van der Waals surface area contributed by atoms with E-state index in [-0.39, 0.29) is 23.6 Å². The van der Waals surface area contributed by atoms with Gasteiger partial charge in [-0.15, -0.1) is 11.8 Å². The molecule has 0 spiro atoms. The Labute approximate surface area is 130 Å². The molecule has 5 heteroatoms. The second kappa shape index (κ2) is 8.72. The molecule has 1 aromatic carbocycles. The number of carboxylic acids is 1. The highest BCUT2D eigenvalue weighted by atomic mass is 32.2. The lowest BCUT2D eigenvalue weighted by molar-refractivity contribution is -0.138. The minimum Gasteiger partial charge on any atom is -0.481 e. The molecule has 0 heterocycles. The lowest BCUT2D eigenvalue weighted by Gasteiger charge is -2.21. The van der Waals surface area contributed by atoms with E-state index in [9.17, 15) is 14.7 Å². The predicted molar refractivity (Wildman–Crippen MR) is 86.6 cm³/mol. The number of hydrogen-bond donors (Lipinski definition) is 2. The second-order valence-electron chi connectivity index (χ2n) is 5.17. The summed E-state index contributed by atoms with van der Waals surface area (Å²) in [6.07, 6.45) is 0. The van der Waals surface area contributed by atoms with Crippen molar-refractivity contribution < 1.29 is 14.7 Å². The van der Waals surface area contributed by atoms with Gasteiger partial charge in [-0.2, -0.15) is 0 Å². The van der Waals surface area contributed by atoms with Crippen LogP contribution >= 0.6 is 11.8 Å². The second-order valence-corrected chi connectivity index (χ2v) is 6.59. The Bertz CT molecular complexity index is 462. The molecule has 0 aliphatic rings. The zero-order chi connectivity index (χ0) is 15.8. The summed E-state index contributed by atoms with van der Waals surface area (Å²) in [7, 11) is 0. The van der Waals surface area contributed by atoms with Crippen molar-refractivity contribution in [3.8, 4) is 0 Å². The molecule has 0 saturated carbocycles. The minimum absolute atomic E-state index is 0.0842. The summed E-state index contributed by atoms with van der Waals surface area (Å²) in [4.78, 5) is 23.6. The Morgan fingerprint density at radius 3 is 2.33 bits per heavy atom. The maximum Gasteiger partial charge on any atom is 0.312 e. The number of thioether (sulfide) groups is 1. The topological polar surface area (TPSA) is 66.4 Å². The molecule has 0 saturated heterocycles. The third-order valence-corrected chi connectivity index (χ3v) is 4.64. The minimum atomic E-state index is -0.925. The van der Waals surface area contributed by atoms with Crippen LogP contribution in [0.2, 0.25) is 0 Å². The predicted octanol–water partition coefficient (Wildman–Crippen LogP) is 2.75. The Morgan fingerprint density at radius 1 is 1.24 bits per heavy atom. The first-order valence-corrected chi connectivity index (χ1v) is 8.19. The molecule has 1 aromatic rings. The number of rotatable bonds is 8. The van der Waals surface area contributed by atoms with Gasteiger partial charge in [-0.3, -0.25) is 9.59 Å². The molecular formula is C16H23NO3S. The van der Waals surface area contributed by atoms with Crippen LogP contribution in [-0.2, 0) is 9.59 Å². The van der Waals surface area contributed by atoms with E-state index in [4.69, 9.17) is 0 Å². The highest BCUT2D eigenvalue weighted by molar-refractivity contribution is 8.00. The van der Waals surface area contributed by atoms with Crippen LogP contribution in [0.15, 0.2) is 30.3 Å². The van der Waals surface area contributed by atoms with Gasteiger partial charge in [-0.1, -0.05) is 51.1 Å². The first kappa shape index (κ1) is 17.6. The molecule has 0 aromatic heterocycles. The average molecular weight is 309 g/mol. The van der Waals surface area contributed by atoms with E-state index >= 15 is 0 Å². The zero-order valence-electron chi connectivity index (χ0n) is 12.7. The van der Waals surface area contributed by atoms with E-state index in [1.54, 1.807) is 36.0 Å². The summed E-state index contributed by atoms with van der Waals surface area (Å²) in [5, 5.41) is 12.0. The highest BCUT2D eigenvalue weighted by Crippen LogP contribution is 2.20. The van der Waals surface area contributed by atoms with Gasteiger partial charge in [-0.25, -0.2) is 0 Å². The van der Waals surface area contributed by atoms with E-state index in [0.29, 0.717) is 5.56 Å². The fraction of sp³-hybridized carbons (Fsp3) is 0.500. The summed E-state index contributed by atoms with van der Waals surface area (Å²) in [6, 6.07) is 8.99. The van der Waals surface area contributed by atoms with Crippen molar-refractivity contribution in [1.29, 1.82) is 0 Å². The molecule has 21 heavy (non-hydrogen) atoms. The first-order chi connectivity index (χ1) is 9.97. The summed E-state index contributed by atoms with van der Waals surface area (Å²) >= 11 is 1.59. The number of nitrogens with one attached hydrogen (secondary N) is 1. The molecule has 0 aliphatic heterocycles. The van der Waals surface area contributed by atoms with E-state index < -0.39 is 11.9 Å². The molecule has 2 unspecified atom stereocenters. The van der Waals surface area contributed by atoms with Crippen LogP contribution in [0.5, 0.6) is 0 Å². The number of amides is 1. The maximum absolute atomic E-state index is 12.2. The third kappa shape index (κ3) is 5.42. The Morgan fingerprint density at radius 2 is 1.86 bits per heavy atom. The molecule has 4 nitrogen and oxygen atoms in total. The van der Waals surface area contributed by atoms with Crippen molar-refractivity contribution in [1.82, 2.24) is 5.32 Å². The number of benzene rings is 1. The Hall–Kier alpha value is -1.49. The number of hydrogen-bond acceptors (Lipinski definition) is 3. The molecule has 0 bridgehead atoms. The summed E-state index contributed by atoms with van der Waals surface area (Å²) in [6.45, 7) is 6.13. The van der Waals surface area contributed by atoms with Gasteiger partial charge in [0.05, 0.1) is 11.2 Å². The molecule has 0 radical (unpaired) electrons. The van der Waals surface area contributed by atoms with E-state index in [0.717, 1.165) is 5.75 Å². The largest absolute Gasteiger partial charge is 0.481 e. The Balaban J connectivity index is 2.69. The van der Waals surface area contributed by atoms with Gasteiger partial charge in [-0.05, 0) is 17.2 Å². The molecule has 116 valence electrons. The molecule has 0 aliphatic carbocycles. The average Bonchev–Trinajstić information content (AvgIpc) is 2.45. The van der Waals surface area contributed by atoms with Gasteiger partial charge in [0.25, 0.3) is 0 Å². The van der Waals surface area contributed by atoms with Crippen LogP contribution in [0.25, 0.3) is 0 Å². The van der Waals surface area contributed by atoms with Crippen LogP contribution in [0.3, 0.4) is 0 Å². The lowest BCUT2D eigenvalue weighted by atomic mass is 9.99. The SMILES string of the molecule is CCSC(C(=O)NCC(C(=O)O)c1ccccc1)C(C)C. The van der Waals surface area contributed by atoms with Crippen molar-refractivity contribution in [2.75, 3.05) is 12.3 Å². The highest BCUT2D eigenvalue weighted by Gasteiger charge is 2.25. The van der Waals surface area contributed by atoms with Crippen LogP contribution < -0.4 is 5.32 Å². The van der Waals surface area contributed by atoms with Gasteiger partial charge in [0.2, 0.25) is 5.91 Å².